The molecular formula is C9H11FN2O3S. The standard InChI is InChI=1S/C9H11FN2O3S/c10-16(14,15)8-4-9(13)12(6-8)5-7-2-1-3-11-7/h1-3,8,11H,4-6H2. The van der Waals surface area contributed by atoms with Crippen LogP contribution in [0.3, 0.4) is 0 Å². The largest absolute Gasteiger partial charge is 0.364 e. The Bertz CT molecular complexity index is 483. The van der Waals surface area contributed by atoms with Gasteiger partial charge in [0.25, 0.3) is 0 Å². The molecule has 0 spiro atoms. The monoisotopic (exact) mass is 246 g/mol. The van der Waals surface area contributed by atoms with E-state index in [1.54, 1.807) is 18.3 Å². The molecule has 1 aliphatic heterocycles. The van der Waals surface area contributed by atoms with Gasteiger partial charge < -0.3 is 9.88 Å². The van der Waals surface area contributed by atoms with Crippen LogP contribution in [-0.2, 0) is 21.6 Å². The molecule has 1 N–H and O–H groups in total. The molecular weight excluding hydrogens is 235 g/mol. The second kappa shape index (κ2) is 3.89. The van der Waals surface area contributed by atoms with Gasteiger partial charge in [-0.3, -0.25) is 4.79 Å². The van der Waals surface area contributed by atoms with E-state index in [4.69, 9.17) is 0 Å². The highest BCUT2D eigenvalue weighted by atomic mass is 32.3. The third-order valence-corrected chi connectivity index (χ3v) is 3.71. The molecule has 0 bridgehead atoms. The van der Waals surface area contributed by atoms with Gasteiger partial charge in [0.1, 0.15) is 5.25 Å². The number of aromatic nitrogens is 1. The second-order valence-electron chi connectivity index (χ2n) is 3.77. The van der Waals surface area contributed by atoms with Crippen LogP contribution in [0.4, 0.5) is 3.89 Å². The van der Waals surface area contributed by atoms with Crippen molar-refractivity contribution < 1.29 is 17.1 Å². The van der Waals surface area contributed by atoms with Crippen LogP contribution in [0.1, 0.15) is 12.1 Å². The second-order valence-corrected chi connectivity index (χ2v) is 5.39. The number of halogens is 1. The maximum atomic E-state index is 12.7. The van der Waals surface area contributed by atoms with Gasteiger partial charge >= 0.3 is 10.2 Å². The summed E-state index contributed by atoms with van der Waals surface area (Å²) in [6, 6.07) is 3.56. The molecule has 5 nitrogen and oxygen atoms in total. The minimum Gasteiger partial charge on any atom is -0.364 e. The van der Waals surface area contributed by atoms with E-state index in [2.05, 4.69) is 4.98 Å². The summed E-state index contributed by atoms with van der Waals surface area (Å²) in [5.74, 6) is -0.333. The van der Waals surface area contributed by atoms with Crippen molar-refractivity contribution in [1.82, 2.24) is 9.88 Å². The fourth-order valence-electron chi connectivity index (χ4n) is 1.75. The van der Waals surface area contributed by atoms with Crippen LogP contribution in [-0.4, -0.2) is 36.0 Å². The van der Waals surface area contributed by atoms with Gasteiger partial charge in [-0.2, -0.15) is 8.42 Å². The lowest BCUT2D eigenvalue weighted by atomic mass is 10.4. The fraction of sp³-hybridized carbons (Fsp3) is 0.444. The third kappa shape index (κ3) is 2.24. The number of rotatable bonds is 3. The van der Waals surface area contributed by atoms with Crippen molar-refractivity contribution in [3.05, 3.63) is 24.0 Å². The van der Waals surface area contributed by atoms with E-state index in [-0.39, 0.29) is 25.4 Å². The first kappa shape index (κ1) is 11.1. The van der Waals surface area contributed by atoms with Crippen LogP contribution in [0.5, 0.6) is 0 Å². The number of nitrogens with one attached hydrogen (secondary N) is 1. The Morgan fingerprint density at radius 3 is 2.81 bits per heavy atom. The highest BCUT2D eigenvalue weighted by Crippen LogP contribution is 2.21. The van der Waals surface area contributed by atoms with Gasteiger partial charge in [-0.25, -0.2) is 0 Å². The fourth-order valence-corrected chi connectivity index (χ4v) is 2.45. The van der Waals surface area contributed by atoms with Crippen molar-refractivity contribution in [2.45, 2.75) is 18.2 Å². The van der Waals surface area contributed by atoms with E-state index in [1.165, 1.54) is 4.90 Å². The number of nitrogens with zero attached hydrogens (tertiary/aromatic N) is 1. The number of hydrogen-bond donors (Lipinski definition) is 1. The van der Waals surface area contributed by atoms with Gasteiger partial charge in [0, 0.05) is 24.9 Å². The van der Waals surface area contributed by atoms with Crippen molar-refractivity contribution in [2.75, 3.05) is 6.54 Å². The highest BCUT2D eigenvalue weighted by Gasteiger charge is 2.38. The van der Waals surface area contributed by atoms with Gasteiger partial charge in [-0.05, 0) is 12.1 Å². The molecule has 0 saturated carbocycles. The number of carbonyl (C=O) groups is 1. The predicted molar refractivity (Wildman–Crippen MR) is 54.6 cm³/mol. The minimum atomic E-state index is -4.62. The minimum absolute atomic E-state index is 0.0727. The van der Waals surface area contributed by atoms with E-state index in [9.17, 15) is 17.1 Å². The summed E-state index contributed by atoms with van der Waals surface area (Å²) < 4.78 is 34.1. The molecule has 1 fully saturated rings. The highest BCUT2D eigenvalue weighted by molar-refractivity contribution is 7.87. The third-order valence-electron chi connectivity index (χ3n) is 2.60. The lowest BCUT2D eigenvalue weighted by Crippen LogP contribution is -2.26. The van der Waals surface area contributed by atoms with Crippen molar-refractivity contribution in [3.63, 3.8) is 0 Å². The molecule has 1 saturated heterocycles. The van der Waals surface area contributed by atoms with Crippen LogP contribution >= 0.6 is 0 Å². The molecule has 2 rings (SSSR count). The molecule has 0 aliphatic carbocycles. The van der Waals surface area contributed by atoms with Crippen molar-refractivity contribution in [1.29, 1.82) is 0 Å². The summed E-state index contributed by atoms with van der Waals surface area (Å²) in [6.07, 6.45) is 1.44. The topological polar surface area (TPSA) is 70.2 Å². The van der Waals surface area contributed by atoms with E-state index >= 15 is 0 Å². The number of aromatic amines is 1. The number of amides is 1. The summed E-state index contributed by atoms with van der Waals surface area (Å²) in [5.41, 5.74) is 0.797. The Labute approximate surface area is 92.5 Å². The Kier molecular flexibility index (Phi) is 2.71. The van der Waals surface area contributed by atoms with E-state index in [1.807, 2.05) is 0 Å². The lowest BCUT2D eigenvalue weighted by Gasteiger charge is -2.14. The molecule has 1 aliphatic rings. The molecule has 1 aromatic heterocycles. The average Bonchev–Trinajstić information content (AvgIpc) is 2.76. The number of carbonyl (C=O) groups excluding carboxylic acids is 1. The van der Waals surface area contributed by atoms with E-state index in [0.29, 0.717) is 0 Å². The van der Waals surface area contributed by atoms with Crippen molar-refractivity contribution >= 4 is 16.1 Å². The predicted octanol–water partition coefficient (Wildman–Crippen LogP) is 0.415. The van der Waals surface area contributed by atoms with Gasteiger partial charge in [-0.1, -0.05) is 0 Å². The zero-order chi connectivity index (χ0) is 11.8. The molecule has 1 amide bonds. The summed E-state index contributed by atoms with van der Waals surface area (Å²) in [5, 5.41) is -1.21. The normalized spacial score (nSPS) is 21.7. The number of likely N-dealkylation sites (tertiary alicyclic amines) is 1. The van der Waals surface area contributed by atoms with Crippen LogP contribution in [0.2, 0.25) is 0 Å². The molecule has 0 radical (unpaired) electrons. The Morgan fingerprint density at radius 1 is 1.56 bits per heavy atom. The summed E-state index contributed by atoms with van der Waals surface area (Å²) >= 11 is 0. The zero-order valence-electron chi connectivity index (χ0n) is 8.39. The molecule has 7 heteroatoms. The van der Waals surface area contributed by atoms with Crippen LogP contribution in [0.15, 0.2) is 18.3 Å². The maximum absolute atomic E-state index is 12.7. The smallest absolute Gasteiger partial charge is 0.307 e. The molecule has 2 heterocycles. The molecule has 0 aromatic carbocycles. The maximum Gasteiger partial charge on any atom is 0.307 e. The van der Waals surface area contributed by atoms with Gasteiger partial charge in [0.15, 0.2) is 0 Å². The first-order chi connectivity index (χ1) is 7.47. The number of hydrogen-bond acceptors (Lipinski definition) is 3. The molecule has 88 valence electrons. The molecule has 1 aromatic rings. The van der Waals surface area contributed by atoms with Crippen molar-refractivity contribution in [2.24, 2.45) is 0 Å². The lowest BCUT2D eigenvalue weighted by molar-refractivity contribution is -0.128. The Morgan fingerprint density at radius 2 is 2.31 bits per heavy atom. The van der Waals surface area contributed by atoms with Crippen molar-refractivity contribution in [3.8, 4) is 0 Å². The Hall–Kier alpha value is -1.37. The zero-order valence-corrected chi connectivity index (χ0v) is 9.21. The molecule has 1 unspecified atom stereocenters. The van der Waals surface area contributed by atoms with E-state index < -0.39 is 15.5 Å². The van der Waals surface area contributed by atoms with E-state index in [0.717, 1.165) is 5.69 Å². The SMILES string of the molecule is O=C1CC(S(=O)(=O)F)CN1Cc1ccc[nH]1. The van der Waals surface area contributed by atoms with Gasteiger partial charge in [0.2, 0.25) is 5.91 Å². The van der Waals surface area contributed by atoms with Crippen LogP contribution in [0.25, 0.3) is 0 Å². The quantitative estimate of drug-likeness (QED) is 0.785. The number of H-pyrrole nitrogens is 1. The first-order valence-electron chi connectivity index (χ1n) is 4.80. The average molecular weight is 246 g/mol. The summed E-state index contributed by atoms with van der Waals surface area (Å²) in [4.78, 5) is 15.7. The van der Waals surface area contributed by atoms with Crippen LogP contribution < -0.4 is 0 Å². The Balaban J connectivity index is 2.06. The first-order valence-corrected chi connectivity index (χ1v) is 6.25. The van der Waals surface area contributed by atoms with Gasteiger partial charge in [-0.15, -0.1) is 3.89 Å². The van der Waals surface area contributed by atoms with Gasteiger partial charge in [0.05, 0.1) is 6.54 Å². The summed E-state index contributed by atoms with van der Waals surface area (Å²) in [7, 11) is -4.62. The van der Waals surface area contributed by atoms with Crippen LogP contribution in [0, 0.1) is 0 Å². The molecule has 1 atom stereocenters. The summed E-state index contributed by atoms with van der Waals surface area (Å²) in [6.45, 7) is 0.217. The molecule has 16 heavy (non-hydrogen) atoms.